The van der Waals surface area contributed by atoms with Gasteiger partial charge in [-0.05, 0) is 31.7 Å². The van der Waals surface area contributed by atoms with Gasteiger partial charge in [-0.2, -0.15) is 0 Å². The van der Waals surface area contributed by atoms with Crippen molar-refractivity contribution in [2.45, 2.75) is 46.5 Å². The van der Waals surface area contributed by atoms with Gasteiger partial charge in [0.05, 0.1) is 23.8 Å². The van der Waals surface area contributed by atoms with Crippen molar-refractivity contribution in [2.75, 3.05) is 11.9 Å². The van der Waals surface area contributed by atoms with Gasteiger partial charge in [-0.25, -0.2) is 0 Å². The first kappa shape index (κ1) is 16.9. The monoisotopic (exact) mass is 352 g/mol. The van der Waals surface area contributed by atoms with Crippen LogP contribution >= 0.6 is 0 Å². The van der Waals surface area contributed by atoms with Crippen molar-refractivity contribution in [1.29, 1.82) is 0 Å². The molecule has 0 saturated carbocycles. The van der Waals surface area contributed by atoms with Crippen molar-refractivity contribution in [3.05, 3.63) is 52.4 Å². The third-order valence-electron chi connectivity index (χ3n) is 5.20. The molecule has 5 heteroatoms. The van der Waals surface area contributed by atoms with E-state index in [1.165, 1.54) is 0 Å². The first-order chi connectivity index (χ1) is 12.4. The molecule has 0 radical (unpaired) electrons. The number of carbonyl (C=O) groups excluding carboxylic acids is 1. The van der Waals surface area contributed by atoms with E-state index in [1.807, 2.05) is 38.1 Å². The second-order valence-corrected chi connectivity index (χ2v) is 7.87. The zero-order valence-electron chi connectivity index (χ0n) is 15.7. The fourth-order valence-corrected chi connectivity index (χ4v) is 4.19. The van der Waals surface area contributed by atoms with Crippen molar-refractivity contribution in [3.8, 4) is 5.75 Å². The zero-order chi connectivity index (χ0) is 18.5. The summed E-state index contributed by atoms with van der Waals surface area (Å²) >= 11 is 0. The van der Waals surface area contributed by atoms with Crippen molar-refractivity contribution in [2.24, 2.45) is 5.41 Å². The zero-order valence-corrected chi connectivity index (χ0v) is 15.7. The minimum Gasteiger partial charge on any atom is -0.494 e. The predicted octanol–water partition coefficient (Wildman–Crippen LogP) is 4.58. The highest BCUT2D eigenvalue weighted by atomic mass is 16.5. The lowest BCUT2D eigenvalue weighted by Gasteiger charge is -2.38. The Morgan fingerprint density at radius 3 is 2.85 bits per heavy atom. The Kier molecular flexibility index (Phi) is 3.90. The van der Waals surface area contributed by atoms with Crippen molar-refractivity contribution in [3.63, 3.8) is 0 Å². The lowest BCUT2D eigenvalue weighted by atomic mass is 9.69. The summed E-state index contributed by atoms with van der Waals surface area (Å²) in [5, 5.41) is 7.50. The molecule has 26 heavy (non-hydrogen) atoms. The maximum atomic E-state index is 13.2. The largest absolute Gasteiger partial charge is 0.494 e. The van der Waals surface area contributed by atoms with Gasteiger partial charge in [0, 0.05) is 23.3 Å². The smallest absolute Gasteiger partial charge is 0.233 e. The summed E-state index contributed by atoms with van der Waals surface area (Å²) in [6, 6.07) is 7.94. The molecule has 1 aliphatic heterocycles. The van der Waals surface area contributed by atoms with Crippen LogP contribution in [-0.4, -0.2) is 17.5 Å². The van der Waals surface area contributed by atoms with Crippen molar-refractivity contribution >= 4 is 11.7 Å². The Morgan fingerprint density at radius 1 is 1.31 bits per heavy atom. The number of ketones is 1. The van der Waals surface area contributed by atoms with Crippen LogP contribution in [0.4, 0.5) is 5.88 Å². The molecule has 1 N–H and O–H groups in total. The molecule has 136 valence electrons. The normalized spacial score (nSPS) is 21.1. The Balaban J connectivity index is 1.94. The third-order valence-corrected chi connectivity index (χ3v) is 5.20. The van der Waals surface area contributed by atoms with Crippen LogP contribution in [0.15, 0.2) is 40.1 Å². The van der Waals surface area contributed by atoms with Gasteiger partial charge < -0.3 is 14.6 Å². The second kappa shape index (κ2) is 6.01. The highest BCUT2D eigenvalue weighted by Gasteiger charge is 2.43. The Morgan fingerprint density at radius 2 is 2.08 bits per heavy atom. The standard InChI is InChI=1S/C21H24N2O3/c1-5-25-16-9-7-6-8-13(16)18-17-12(2)23-26-20(17)22-14-10-21(3,4)11-15(24)19(14)18/h6-9,18,22H,5,10-11H2,1-4H3. The summed E-state index contributed by atoms with van der Waals surface area (Å²) in [6.45, 7) is 8.71. The lowest BCUT2D eigenvalue weighted by Crippen LogP contribution is -2.33. The topological polar surface area (TPSA) is 64.4 Å². The number of fused-ring (bicyclic) bond motifs is 1. The van der Waals surface area contributed by atoms with Gasteiger partial charge in [0.1, 0.15) is 5.75 Å². The lowest BCUT2D eigenvalue weighted by molar-refractivity contribution is -0.118. The summed E-state index contributed by atoms with van der Waals surface area (Å²) in [5.41, 5.74) is 4.43. The third kappa shape index (κ3) is 2.62. The average Bonchev–Trinajstić information content (AvgIpc) is 2.94. The number of ether oxygens (including phenoxy) is 1. The molecule has 2 aliphatic rings. The van der Waals surface area contributed by atoms with Crippen LogP contribution in [0.25, 0.3) is 0 Å². The molecular weight excluding hydrogens is 328 g/mol. The van der Waals surface area contributed by atoms with Crippen LogP contribution in [0, 0.1) is 12.3 Å². The number of rotatable bonds is 3. The molecule has 2 aromatic rings. The molecule has 2 heterocycles. The van der Waals surface area contributed by atoms with E-state index in [1.54, 1.807) is 0 Å². The van der Waals surface area contributed by atoms with E-state index < -0.39 is 0 Å². The molecule has 0 fully saturated rings. The quantitative estimate of drug-likeness (QED) is 0.876. The van der Waals surface area contributed by atoms with Gasteiger partial charge in [0.2, 0.25) is 5.88 Å². The van der Waals surface area contributed by atoms with Gasteiger partial charge in [-0.3, -0.25) is 4.79 Å². The summed E-state index contributed by atoms with van der Waals surface area (Å²) in [4.78, 5) is 13.2. The molecule has 0 amide bonds. The molecule has 5 nitrogen and oxygen atoms in total. The van der Waals surface area contributed by atoms with Gasteiger partial charge in [0.15, 0.2) is 5.78 Å². The van der Waals surface area contributed by atoms with Gasteiger partial charge in [0.25, 0.3) is 0 Å². The molecular formula is C21H24N2O3. The van der Waals surface area contributed by atoms with Crippen LogP contribution in [0.2, 0.25) is 0 Å². The molecule has 1 aromatic heterocycles. The van der Waals surface area contributed by atoms with E-state index >= 15 is 0 Å². The van der Waals surface area contributed by atoms with E-state index in [9.17, 15) is 4.79 Å². The molecule has 0 saturated heterocycles. The van der Waals surface area contributed by atoms with Crippen LogP contribution < -0.4 is 10.1 Å². The van der Waals surface area contributed by atoms with Gasteiger partial charge in [-0.1, -0.05) is 37.2 Å². The fraction of sp³-hybridized carbons (Fsp3) is 0.429. The van der Waals surface area contributed by atoms with E-state index in [2.05, 4.69) is 24.3 Å². The van der Waals surface area contributed by atoms with Crippen molar-refractivity contribution < 1.29 is 14.1 Å². The number of carbonyl (C=O) groups is 1. The van der Waals surface area contributed by atoms with Crippen LogP contribution in [0.1, 0.15) is 56.4 Å². The Labute approximate surface area is 153 Å². The number of para-hydroxylation sites is 1. The Bertz CT molecular complexity index is 908. The number of Topliss-reactive ketones (excluding diaryl/α,β-unsaturated/α-hetero) is 1. The first-order valence-corrected chi connectivity index (χ1v) is 9.12. The second-order valence-electron chi connectivity index (χ2n) is 7.87. The molecule has 0 bridgehead atoms. The van der Waals surface area contributed by atoms with E-state index in [0.717, 1.165) is 40.3 Å². The predicted molar refractivity (Wildman–Crippen MR) is 99.4 cm³/mol. The first-order valence-electron chi connectivity index (χ1n) is 9.12. The van der Waals surface area contributed by atoms with E-state index in [-0.39, 0.29) is 17.1 Å². The Hall–Kier alpha value is -2.56. The minimum absolute atomic E-state index is 0.0700. The summed E-state index contributed by atoms with van der Waals surface area (Å²) in [7, 11) is 0. The van der Waals surface area contributed by atoms with Gasteiger partial charge in [-0.15, -0.1) is 0 Å². The van der Waals surface area contributed by atoms with E-state index in [4.69, 9.17) is 9.26 Å². The minimum atomic E-state index is -0.209. The number of hydrogen-bond acceptors (Lipinski definition) is 5. The van der Waals surface area contributed by atoms with E-state index in [0.29, 0.717) is 18.9 Å². The molecule has 0 spiro atoms. The highest BCUT2D eigenvalue weighted by molar-refractivity contribution is 6.01. The SMILES string of the molecule is CCOc1ccccc1C1C2=C(CC(C)(C)CC2=O)Nc2onc(C)c21. The number of nitrogens with zero attached hydrogens (tertiary/aromatic N) is 1. The number of anilines is 1. The summed E-state index contributed by atoms with van der Waals surface area (Å²) in [6.07, 6.45) is 1.35. The number of aryl methyl sites for hydroxylation is 1. The summed E-state index contributed by atoms with van der Waals surface area (Å²) in [5.74, 6) is 1.42. The van der Waals surface area contributed by atoms with Gasteiger partial charge >= 0.3 is 0 Å². The van der Waals surface area contributed by atoms with Crippen LogP contribution in [-0.2, 0) is 4.79 Å². The summed E-state index contributed by atoms with van der Waals surface area (Å²) < 4.78 is 11.4. The maximum absolute atomic E-state index is 13.2. The molecule has 1 atom stereocenters. The molecule has 1 unspecified atom stereocenters. The maximum Gasteiger partial charge on any atom is 0.233 e. The fourth-order valence-electron chi connectivity index (χ4n) is 4.19. The number of nitrogens with one attached hydrogen (secondary N) is 1. The van der Waals surface area contributed by atoms with Crippen LogP contribution in [0.5, 0.6) is 5.75 Å². The number of benzene rings is 1. The average molecular weight is 352 g/mol. The molecule has 1 aromatic carbocycles. The number of hydrogen-bond donors (Lipinski definition) is 1. The molecule has 1 aliphatic carbocycles. The molecule has 4 rings (SSSR count). The number of allylic oxidation sites excluding steroid dienone is 2. The highest BCUT2D eigenvalue weighted by Crippen LogP contribution is 2.51. The van der Waals surface area contributed by atoms with Crippen molar-refractivity contribution in [1.82, 2.24) is 5.16 Å². The number of aromatic nitrogens is 1. The van der Waals surface area contributed by atoms with Crippen LogP contribution in [0.3, 0.4) is 0 Å².